The van der Waals surface area contributed by atoms with E-state index in [0.29, 0.717) is 6.42 Å². The third-order valence-electron chi connectivity index (χ3n) is 3.68. The van der Waals surface area contributed by atoms with Crippen molar-refractivity contribution in [3.8, 4) is 0 Å². The maximum absolute atomic E-state index is 12.0. The molecule has 0 aromatic heterocycles. The molecule has 0 spiro atoms. The first-order valence-electron chi connectivity index (χ1n) is 7.52. The van der Waals surface area contributed by atoms with Gasteiger partial charge in [-0.15, -0.1) is 0 Å². The fraction of sp³-hybridized carbons (Fsp3) is 0.625. The zero-order valence-corrected chi connectivity index (χ0v) is 14.7. The molecule has 5 heteroatoms. The van der Waals surface area contributed by atoms with Crippen LogP contribution in [-0.4, -0.2) is 32.5 Å². The van der Waals surface area contributed by atoms with Crippen LogP contribution in [0.3, 0.4) is 0 Å². The van der Waals surface area contributed by atoms with E-state index in [-0.39, 0.29) is 16.9 Å². The zero-order valence-electron chi connectivity index (χ0n) is 13.1. The Morgan fingerprint density at radius 3 is 2.48 bits per heavy atom. The zero-order chi connectivity index (χ0) is 15.9. The van der Waals surface area contributed by atoms with Gasteiger partial charge in [-0.3, -0.25) is 0 Å². The van der Waals surface area contributed by atoms with Gasteiger partial charge in [0, 0.05) is 5.02 Å². The normalized spacial score (nSPS) is 13.6. The Labute approximate surface area is 134 Å². The lowest BCUT2D eigenvalue weighted by Gasteiger charge is -2.19. The average Bonchev–Trinajstić information content (AvgIpc) is 2.43. The van der Waals surface area contributed by atoms with Crippen molar-refractivity contribution in [3.63, 3.8) is 0 Å². The second-order valence-corrected chi connectivity index (χ2v) is 8.76. The minimum Gasteiger partial charge on any atom is -0.317 e. The van der Waals surface area contributed by atoms with Gasteiger partial charge in [0.25, 0.3) is 0 Å². The van der Waals surface area contributed by atoms with Crippen molar-refractivity contribution < 1.29 is 8.42 Å². The van der Waals surface area contributed by atoms with Gasteiger partial charge in [-0.25, -0.2) is 8.42 Å². The minimum atomic E-state index is -2.98. The van der Waals surface area contributed by atoms with Crippen LogP contribution >= 0.6 is 11.6 Å². The summed E-state index contributed by atoms with van der Waals surface area (Å²) in [5.41, 5.74) is 1.09. The summed E-state index contributed by atoms with van der Waals surface area (Å²) in [5, 5.41) is 3.76. The maximum Gasteiger partial charge on any atom is 0.152 e. The SMILES string of the molecule is CCNCC(CCS(=O)(=O)C(C)C)Cc1ccccc1Cl. The molecule has 0 bridgehead atoms. The molecular formula is C16H26ClNO2S. The van der Waals surface area contributed by atoms with Crippen LogP contribution in [0.25, 0.3) is 0 Å². The third kappa shape index (κ3) is 6.37. The molecule has 1 atom stereocenters. The van der Waals surface area contributed by atoms with Gasteiger partial charge >= 0.3 is 0 Å². The van der Waals surface area contributed by atoms with Crippen LogP contribution in [0, 0.1) is 5.92 Å². The van der Waals surface area contributed by atoms with E-state index in [1.807, 2.05) is 24.3 Å². The van der Waals surface area contributed by atoms with E-state index in [1.165, 1.54) is 0 Å². The molecule has 3 nitrogen and oxygen atoms in total. The molecule has 0 aliphatic heterocycles. The Morgan fingerprint density at radius 2 is 1.90 bits per heavy atom. The van der Waals surface area contributed by atoms with Gasteiger partial charge in [-0.1, -0.05) is 36.7 Å². The second-order valence-electron chi connectivity index (χ2n) is 5.67. The van der Waals surface area contributed by atoms with Crippen molar-refractivity contribution in [1.82, 2.24) is 5.32 Å². The third-order valence-corrected chi connectivity index (χ3v) is 6.29. The monoisotopic (exact) mass is 331 g/mol. The summed E-state index contributed by atoms with van der Waals surface area (Å²) < 4.78 is 24.0. The highest BCUT2D eigenvalue weighted by atomic mass is 35.5. The molecular weight excluding hydrogens is 306 g/mol. The Bertz CT molecular complexity index is 529. The van der Waals surface area contributed by atoms with Crippen LogP contribution in [0.15, 0.2) is 24.3 Å². The predicted molar refractivity (Wildman–Crippen MR) is 90.7 cm³/mol. The lowest BCUT2D eigenvalue weighted by molar-refractivity contribution is 0.464. The fourth-order valence-electron chi connectivity index (χ4n) is 2.17. The molecule has 0 aliphatic rings. The number of halogens is 1. The summed E-state index contributed by atoms with van der Waals surface area (Å²) in [6.45, 7) is 7.23. The second kappa shape index (κ2) is 8.76. The van der Waals surface area contributed by atoms with Gasteiger partial charge in [-0.05, 0) is 57.3 Å². The Hall–Kier alpha value is -0.580. The molecule has 0 saturated carbocycles. The summed E-state index contributed by atoms with van der Waals surface area (Å²) in [4.78, 5) is 0. The van der Waals surface area contributed by atoms with Crippen LogP contribution in [0.1, 0.15) is 32.8 Å². The molecule has 0 saturated heterocycles. The highest BCUT2D eigenvalue weighted by Crippen LogP contribution is 2.21. The van der Waals surface area contributed by atoms with E-state index < -0.39 is 9.84 Å². The maximum atomic E-state index is 12.0. The Kier molecular flexibility index (Phi) is 7.71. The molecule has 0 amide bonds. The van der Waals surface area contributed by atoms with E-state index in [1.54, 1.807) is 13.8 Å². The molecule has 1 aromatic rings. The topological polar surface area (TPSA) is 46.2 Å². The standard InChI is InChI=1S/C16H26ClNO2S/c1-4-18-12-14(9-10-21(19,20)13(2)3)11-15-7-5-6-8-16(15)17/h5-8,13-14,18H,4,9-12H2,1-3H3. The summed E-state index contributed by atoms with van der Waals surface area (Å²) in [6.07, 6.45) is 1.47. The molecule has 0 aliphatic carbocycles. The molecule has 0 radical (unpaired) electrons. The van der Waals surface area contributed by atoms with Crippen LogP contribution in [0.2, 0.25) is 5.02 Å². The Balaban J connectivity index is 2.70. The van der Waals surface area contributed by atoms with Gasteiger partial charge in [0.1, 0.15) is 0 Å². The van der Waals surface area contributed by atoms with Gasteiger partial charge in [0.05, 0.1) is 11.0 Å². The quantitative estimate of drug-likeness (QED) is 0.755. The molecule has 120 valence electrons. The van der Waals surface area contributed by atoms with Gasteiger partial charge in [0.15, 0.2) is 9.84 Å². The first-order valence-corrected chi connectivity index (χ1v) is 9.61. The van der Waals surface area contributed by atoms with Crippen molar-refractivity contribution in [3.05, 3.63) is 34.9 Å². The van der Waals surface area contributed by atoms with Crippen LogP contribution in [-0.2, 0) is 16.3 Å². The number of nitrogens with one attached hydrogen (secondary N) is 1. The van der Waals surface area contributed by atoms with E-state index in [0.717, 1.165) is 30.1 Å². The summed E-state index contributed by atoms with van der Waals surface area (Å²) in [5.74, 6) is 0.518. The summed E-state index contributed by atoms with van der Waals surface area (Å²) in [6, 6.07) is 7.77. The summed E-state index contributed by atoms with van der Waals surface area (Å²) >= 11 is 6.20. The van der Waals surface area contributed by atoms with E-state index >= 15 is 0 Å². The highest BCUT2D eigenvalue weighted by Gasteiger charge is 2.19. The van der Waals surface area contributed by atoms with Gasteiger partial charge in [-0.2, -0.15) is 0 Å². The molecule has 0 heterocycles. The highest BCUT2D eigenvalue weighted by molar-refractivity contribution is 7.91. The van der Waals surface area contributed by atoms with Crippen LogP contribution in [0.5, 0.6) is 0 Å². The number of benzene rings is 1. The average molecular weight is 332 g/mol. The van der Waals surface area contributed by atoms with E-state index in [4.69, 9.17) is 11.6 Å². The van der Waals surface area contributed by atoms with Gasteiger partial charge < -0.3 is 5.32 Å². The minimum absolute atomic E-state index is 0.241. The first kappa shape index (κ1) is 18.5. The molecule has 1 N–H and O–H groups in total. The molecule has 1 aromatic carbocycles. The van der Waals surface area contributed by atoms with Crippen molar-refractivity contribution in [1.29, 1.82) is 0 Å². The molecule has 1 rings (SSSR count). The van der Waals surface area contributed by atoms with Crippen molar-refractivity contribution >= 4 is 21.4 Å². The largest absolute Gasteiger partial charge is 0.317 e. The molecule has 0 fully saturated rings. The van der Waals surface area contributed by atoms with Crippen molar-refractivity contribution in [2.75, 3.05) is 18.8 Å². The number of rotatable bonds is 9. The summed E-state index contributed by atoms with van der Waals surface area (Å²) in [7, 11) is -2.98. The van der Waals surface area contributed by atoms with Crippen LogP contribution < -0.4 is 5.32 Å². The van der Waals surface area contributed by atoms with E-state index in [2.05, 4.69) is 12.2 Å². The van der Waals surface area contributed by atoms with Gasteiger partial charge in [0.2, 0.25) is 0 Å². The van der Waals surface area contributed by atoms with Crippen molar-refractivity contribution in [2.45, 2.75) is 38.9 Å². The van der Waals surface area contributed by atoms with Crippen LogP contribution in [0.4, 0.5) is 0 Å². The van der Waals surface area contributed by atoms with Crippen molar-refractivity contribution in [2.24, 2.45) is 5.92 Å². The smallest absolute Gasteiger partial charge is 0.152 e. The number of hydrogen-bond donors (Lipinski definition) is 1. The molecule has 1 unspecified atom stereocenters. The number of sulfone groups is 1. The van der Waals surface area contributed by atoms with E-state index in [9.17, 15) is 8.42 Å². The first-order chi connectivity index (χ1) is 9.86. The lowest BCUT2D eigenvalue weighted by atomic mass is 9.97. The Morgan fingerprint density at radius 1 is 1.24 bits per heavy atom. The lowest BCUT2D eigenvalue weighted by Crippen LogP contribution is -2.27. The molecule has 21 heavy (non-hydrogen) atoms. The predicted octanol–water partition coefficient (Wildman–Crippen LogP) is 3.32. The fourth-order valence-corrected chi connectivity index (χ4v) is 3.51. The number of hydrogen-bond acceptors (Lipinski definition) is 3.